The fourth-order valence-corrected chi connectivity index (χ4v) is 1.33. The summed E-state index contributed by atoms with van der Waals surface area (Å²) in [6.45, 7) is 5.90. The van der Waals surface area contributed by atoms with Crippen molar-refractivity contribution in [1.82, 2.24) is 4.98 Å². The second-order valence-corrected chi connectivity index (χ2v) is 3.24. The first-order chi connectivity index (χ1) is 8.13. The summed E-state index contributed by atoms with van der Waals surface area (Å²) in [5.41, 5.74) is 1.03. The molecule has 0 bridgehead atoms. The molecule has 0 unspecified atom stereocenters. The van der Waals surface area contributed by atoms with Gasteiger partial charge in [-0.3, -0.25) is 0 Å². The van der Waals surface area contributed by atoms with E-state index in [-0.39, 0.29) is 18.1 Å². The van der Waals surface area contributed by atoms with Crippen LogP contribution >= 0.6 is 0 Å². The van der Waals surface area contributed by atoms with Crippen LogP contribution in [0.15, 0.2) is 6.07 Å². The predicted molar refractivity (Wildman–Crippen MR) is 60.8 cm³/mol. The second kappa shape index (κ2) is 5.85. The number of carbonyl (C=O) groups is 1. The number of aromatic nitrogens is 1. The second-order valence-electron chi connectivity index (χ2n) is 3.24. The van der Waals surface area contributed by atoms with Gasteiger partial charge in [0.15, 0.2) is 0 Å². The number of nitrogens with zero attached hydrogens (tertiary/aromatic N) is 2. The molecular formula is C12H14N2O3. The van der Waals surface area contributed by atoms with Crippen LogP contribution in [0.2, 0.25) is 0 Å². The SMILES string of the molecule is CCOC(=O)c1cc(C#N)c(OCC)nc1C. The Hall–Kier alpha value is -2.09. The number of carbonyl (C=O) groups excluding carboxylic acids is 1. The maximum absolute atomic E-state index is 11.6. The molecule has 1 rings (SSSR count). The number of pyridine rings is 1. The zero-order valence-electron chi connectivity index (χ0n) is 10.1. The molecular weight excluding hydrogens is 220 g/mol. The van der Waals surface area contributed by atoms with Crippen molar-refractivity contribution < 1.29 is 14.3 Å². The molecule has 0 radical (unpaired) electrons. The van der Waals surface area contributed by atoms with E-state index in [1.165, 1.54) is 6.07 Å². The Balaban J connectivity index is 3.18. The molecule has 1 heterocycles. The van der Waals surface area contributed by atoms with Crippen molar-refractivity contribution in [3.63, 3.8) is 0 Å². The highest BCUT2D eigenvalue weighted by Gasteiger charge is 2.16. The topological polar surface area (TPSA) is 72.2 Å². The minimum absolute atomic E-state index is 0.237. The minimum Gasteiger partial charge on any atom is -0.477 e. The highest BCUT2D eigenvalue weighted by molar-refractivity contribution is 5.91. The molecule has 0 amide bonds. The van der Waals surface area contributed by atoms with Gasteiger partial charge in [0.25, 0.3) is 0 Å². The summed E-state index contributed by atoms with van der Waals surface area (Å²) < 4.78 is 10.1. The number of esters is 1. The van der Waals surface area contributed by atoms with E-state index >= 15 is 0 Å². The number of nitriles is 1. The lowest BCUT2D eigenvalue weighted by molar-refractivity contribution is 0.0525. The largest absolute Gasteiger partial charge is 0.477 e. The van der Waals surface area contributed by atoms with Crippen molar-refractivity contribution in [2.75, 3.05) is 13.2 Å². The van der Waals surface area contributed by atoms with Crippen molar-refractivity contribution >= 4 is 5.97 Å². The van der Waals surface area contributed by atoms with Crippen molar-refractivity contribution in [3.05, 3.63) is 22.9 Å². The Morgan fingerprint density at radius 1 is 1.47 bits per heavy atom. The molecule has 90 valence electrons. The molecule has 0 aromatic carbocycles. The first-order valence-electron chi connectivity index (χ1n) is 5.35. The third kappa shape index (κ3) is 2.94. The lowest BCUT2D eigenvalue weighted by Gasteiger charge is -2.09. The minimum atomic E-state index is -0.475. The molecule has 0 atom stereocenters. The molecule has 0 saturated heterocycles. The third-order valence-corrected chi connectivity index (χ3v) is 2.07. The summed E-state index contributed by atoms with van der Waals surface area (Å²) in [7, 11) is 0. The van der Waals surface area contributed by atoms with Gasteiger partial charge in [-0.1, -0.05) is 0 Å². The van der Waals surface area contributed by atoms with E-state index in [2.05, 4.69) is 4.98 Å². The summed E-state index contributed by atoms with van der Waals surface area (Å²) in [5, 5.41) is 8.95. The summed E-state index contributed by atoms with van der Waals surface area (Å²) in [6, 6.07) is 3.40. The van der Waals surface area contributed by atoms with Gasteiger partial charge in [0, 0.05) is 0 Å². The van der Waals surface area contributed by atoms with Crippen molar-refractivity contribution in [2.45, 2.75) is 20.8 Å². The Bertz CT molecular complexity index is 464. The molecule has 0 fully saturated rings. The van der Waals surface area contributed by atoms with Gasteiger partial charge in [-0.2, -0.15) is 5.26 Å². The zero-order chi connectivity index (χ0) is 12.8. The van der Waals surface area contributed by atoms with E-state index < -0.39 is 5.97 Å². The van der Waals surface area contributed by atoms with E-state index in [0.717, 1.165) is 0 Å². The van der Waals surface area contributed by atoms with Crippen LogP contribution in [0.4, 0.5) is 0 Å². The van der Waals surface area contributed by atoms with Gasteiger partial charge in [-0.05, 0) is 26.8 Å². The molecule has 0 saturated carbocycles. The Kier molecular flexibility index (Phi) is 4.46. The van der Waals surface area contributed by atoms with Crippen molar-refractivity contribution in [3.8, 4) is 11.9 Å². The van der Waals surface area contributed by atoms with E-state index in [1.54, 1.807) is 20.8 Å². The monoisotopic (exact) mass is 234 g/mol. The lowest BCUT2D eigenvalue weighted by atomic mass is 10.1. The normalized spacial score (nSPS) is 9.53. The van der Waals surface area contributed by atoms with Gasteiger partial charge >= 0.3 is 5.97 Å². The van der Waals surface area contributed by atoms with Crippen LogP contribution in [0.1, 0.15) is 35.5 Å². The van der Waals surface area contributed by atoms with Crippen LogP contribution in [-0.2, 0) is 4.74 Å². The number of ether oxygens (including phenoxy) is 2. The van der Waals surface area contributed by atoms with E-state index in [9.17, 15) is 4.79 Å². The molecule has 0 aliphatic carbocycles. The molecule has 0 spiro atoms. The summed E-state index contributed by atoms with van der Waals surface area (Å²) in [5.74, 6) is -0.224. The number of hydrogen-bond acceptors (Lipinski definition) is 5. The van der Waals surface area contributed by atoms with Crippen LogP contribution in [0, 0.1) is 18.3 Å². The fraction of sp³-hybridized carbons (Fsp3) is 0.417. The van der Waals surface area contributed by atoms with E-state index in [1.807, 2.05) is 6.07 Å². The number of rotatable bonds is 4. The van der Waals surface area contributed by atoms with E-state index in [0.29, 0.717) is 17.9 Å². The standard InChI is InChI=1S/C12H14N2O3/c1-4-16-11-9(7-13)6-10(8(3)14-11)12(15)17-5-2/h6H,4-5H2,1-3H3. The van der Waals surface area contributed by atoms with Gasteiger partial charge in [0.2, 0.25) is 5.88 Å². The van der Waals surface area contributed by atoms with Crippen LogP contribution < -0.4 is 4.74 Å². The highest BCUT2D eigenvalue weighted by atomic mass is 16.5. The Labute approximate surface area is 100.0 Å². The smallest absolute Gasteiger partial charge is 0.340 e. The average Bonchev–Trinajstić information content (AvgIpc) is 2.30. The molecule has 1 aromatic rings. The number of hydrogen-bond donors (Lipinski definition) is 0. The van der Waals surface area contributed by atoms with Crippen LogP contribution in [0.25, 0.3) is 0 Å². The third-order valence-electron chi connectivity index (χ3n) is 2.07. The lowest BCUT2D eigenvalue weighted by Crippen LogP contribution is -2.10. The molecule has 17 heavy (non-hydrogen) atoms. The van der Waals surface area contributed by atoms with Gasteiger partial charge in [-0.25, -0.2) is 9.78 Å². The quantitative estimate of drug-likeness (QED) is 0.743. The molecule has 0 N–H and O–H groups in total. The summed E-state index contributed by atoms with van der Waals surface area (Å²) >= 11 is 0. The fourth-order valence-electron chi connectivity index (χ4n) is 1.33. The van der Waals surface area contributed by atoms with Crippen LogP contribution in [-0.4, -0.2) is 24.2 Å². The van der Waals surface area contributed by atoms with Crippen LogP contribution in [0.5, 0.6) is 5.88 Å². The van der Waals surface area contributed by atoms with Gasteiger partial charge in [0.1, 0.15) is 11.6 Å². The number of aryl methyl sites for hydroxylation is 1. The van der Waals surface area contributed by atoms with E-state index in [4.69, 9.17) is 14.7 Å². The summed E-state index contributed by atoms with van der Waals surface area (Å²) in [4.78, 5) is 15.7. The van der Waals surface area contributed by atoms with Gasteiger partial charge in [0.05, 0.1) is 24.5 Å². The van der Waals surface area contributed by atoms with Crippen molar-refractivity contribution in [1.29, 1.82) is 5.26 Å². The maximum atomic E-state index is 11.6. The molecule has 5 heteroatoms. The molecule has 5 nitrogen and oxygen atoms in total. The predicted octanol–water partition coefficient (Wildman–Crippen LogP) is 1.84. The highest BCUT2D eigenvalue weighted by Crippen LogP contribution is 2.19. The maximum Gasteiger partial charge on any atom is 0.340 e. The Morgan fingerprint density at radius 3 is 2.71 bits per heavy atom. The van der Waals surface area contributed by atoms with Gasteiger partial charge in [-0.15, -0.1) is 0 Å². The molecule has 0 aliphatic rings. The molecule has 1 aromatic heterocycles. The first kappa shape index (κ1) is 13.0. The summed E-state index contributed by atoms with van der Waals surface area (Å²) in [6.07, 6.45) is 0. The zero-order valence-corrected chi connectivity index (χ0v) is 10.1. The Morgan fingerprint density at radius 2 is 2.18 bits per heavy atom. The van der Waals surface area contributed by atoms with Crippen LogP contribution in [0.3, 0.4) is 0 Å². The average molecular weight is 234 g/mol. The van der Waals surface area contributed by atoms with Crippen molar-refractivity contribution in [2.24, 2.45) is 0 Å². The first-order valence-corrected chi connectivity index (χ1v) is 5.35. The molecule has 0 aliphatic heterocycles. The van der Waals surface area contributed by atoms with Gasteiger partial charge < -0.3 is 9.47 Å².